The van der Waals surface area contributed by atoms with Gasteiger partial charge in [-0.1, -0.05) is 54.6 Å². The number of phenolic OH excluding ortho intramolecular Hbond substituents is 1. The molecule has 0 aliphatic heterocycles. The van der Waals surface area contributed by atoms with Gasteiger partial charge in [0.1, 0.15) is 11.8 Å². The van der Waals surface area contributed by atoms with Crippen molar-refractivity contribution in [1.29, 1.82) is 0 Å². The first kappa shape index (κ1) is 23.8. The third-order valence-electron chi connectivity index (χ3n) is 5.69. The van der Waals surface area contributed by atoms with Crippen molar-refractivity contribution in [1.82, 2.24) is 20.6 Å². The van der Waals surface area contributed by atoms with Gasteiger partial charge in [0, 0.05) is 25.5 Å². The van der Waals surface area contributed by atoms with E-state index in [2.05, 4.69) is 25.9 Å². The molecule has 8 nitrogen and oxygen atoms in total. The lowest BCUT2D eigenvalue weighted by molar-refractivity contribution is -0.129. The van der Waals surface area contributed by atoms with Gasteiger partial charge in [-0.05, 0) is 46.9 Å². The molecule has 5 N–H and O–H groups in total. The molecule has 0 radical (unpaired) electrons. The van der Waals surface area contributed by atoms with Crippen LogP contribution >= 0.6 is 0 Å². The number of nitrogens with one attached hydrogen (secondary N) is 4. The highest BCUT2D eigenvalue weighted by molar-refractivity contribution is 5.89. The van der Waals surface area contributed by atoms with Crippen LogP contribution in [0.25, 0.3) is 10.8 Å². The molecule has 180 valence electrons. The first-order chi connectivity index (χ1) is 17.1. The Kier molecular flexibility index (Phi) is 7.96. The molecule has 1 atom stereocenters. The summed E-state index contributed by atoms with van der Waals surface area (Å²) in [7, 11) is 0. The minimum atomic E-state index is -0.668. The molecule has 1 unspecified atom stereocenters. The minimum absolute atomic E-state index is 0.169. The fourth-order valence-corrected chi connectivity index (χ4v) is 3.85. The fraction of sp³-hybridized carbons (Fsp3) is 0.222. The number of carbonyl (C=O) groups excluding carboxylic acids is 2. The molecule has 1 aromatic heterocycles. The number of fused-ring (bicyclic) bond motifs is 1. The van der Waals surface area contributed by atoms with Gasteiger partial charge in [-0.25, -0.2) is 4.98 Å². The summed E-state index contributed by atoms with van der Waals surface area (Å²) < 4.78 is 0. The molecule has 35 heavy (non-hydrogen) atoms. The Bertz CT molecular complexity index is 1260. The van der Waals surface area contributed by atoms with Crippen LogP contribution in [-0.4, -0.2) is 39.5 Å². The summed E-state index contributed by atoms with van der Waals surface area (Å²) in [5.41, 5.74) is 1.75. The Morgan fingerprint density at radius 1 is 0.971 bits per heavy atom. The second-order valence-corrected chi connectivity index (χ2v) is 8.37. The van der Waals surface area contributed by atoms with E-state index < -0.39 is 6.04 Å². The smallest absolute Gasteiger partial charge is 0.242 e. The number of imidazole rings is 1. The van der Waals surface area contributed by atoms with Crippen LogP contribution in [0.1, 0.15) is 24.0 Å². The van der Waals surface area contributed by atoms with Crippen molar-refractivity contribution in [2.45, 2.75) is 31.8 Å². The van der Waals surface area contributed by atoms with Gasteiger partial charge in [-0.15, -0.1) is 0 Å². The van der Waals surface area contributed by atoms with Crippen molar-refractivity contribution in [2.75, 3.05) is 11.9 Å². The normalized spacial score (nSPS) is 11.7. The summed E-state index contributed by atoms with van der Waals surface area (Å²) in [6.45, 7) is 0.913. The highest BCUT2D eigenvalue weighted by Gasteiger charge is 2.20. The lowest BCUT2D eigenvalue weighted by Gasteiger charge is -2.19. The number of carbonyl (C=O) groups is 2. The Hall–Kier alpha value is -4.33. The second kappa shape index (κ2) is 11.7. The topological polar surface area (TPSA) is 119 Å². The zero-order valence-corrected chi connectivity index (χ0v) is 19.3. The predicted molar refractivity (Wildman–Crippen MR) is 136 cm³/mol. The zero-order valence-electron chi connectivity index (χ0n) is 19.3. The van der Waals surface area contributed by atoms with Gasteiger partial charge >= 0.3 is 0 Å². The van der Waals surface area contributed by atoms with Crippen LogP contribution in [0.3, 0.4) is 0 Å². The van der Waals surface area contributed by atoms with Gasteiger partial charge < -0.3 is 26.0 Å². The summed E-state index contributed by atoms with van der Waals surface area (Å²) in [4.78, 5) is 32.9. The molecule has 0 saturated carbocycles. The van der Waals surface area contributed by atoms with E-state index >= 15 is 0 Å². The van der Waals surface area contributed by atoms with E-state index in [4.69, 9.17) is 0 Å². The number of aromatic hydroxyl groups is 1. The van der Waals surface area contributed by atoms with Gasteiger partial charge in [0.25, 0.3) is 0 Å². The van der Waals surface area contributed by atoms with E-state index in [0.717, 1.165) is 21.9 Å². The number of phenols is 1. The van der Waals surface area contributed by atoms with Crippen molar-refractivity contribution < 1.29 is 14.7 Å². The summed E-state index contributed by atoms with van der Waals surface area (Å²) in [5, 5.41) is 20.6. The molecular weight excluding hydrogens is 442 g/mol. The average molecular weight is 472 g/mol. The van der Waals surface area contributed by atoms with Crippen molar-refractivity contribution >= 4 is 28.5 Å². The second-order valence-electron chi connectivity index (χ2n) is 8.37. The van der Waals surface area contributed by atoms with E-state index in [-0.39, 0.29) is 24.0 Å². The lowest BCUT2D eigenvalue weighted by Crippen LogP contribution is -2.47. The molecule has 3 aromatic carbocycles. The number of H-pyrrole nitrogens is 1. The van der Waals surface area contributed by atoms with Crippen molar-refractivity contribution in [3.05, 3.63) is 90.3 Å². The standard InChI is InChI=1S/C27H29N5O3/c33-23-11-8-19(9-12-23)18-31-26(35)24(6-3-13-28-27-29-14-15-30-27)32-25(34)17-20-7-10-21-4-1-2-5-22(21)16-20/h1-2,4-5,7-12,14-16,24,33H,3,6,13,17-18H2,(H,31,35)(H,32,34)(H2,28,29,30). The maximum atomic E-state index is 13.0. The van der Waals surface area contributed by atoms with Gasteiger partial charge in [0.05, 0.1) is 6.42 Å². The number of aromatic nitrogens is 2. The summed E-state index contributed by atoms with van der Waals surface area (Å²) in [5.74, 6) is 0.383. The molecule has 4 aromatic rings. The van der Waals surface area contributed by atoms with Crippen molar-refractivity contribution in [3.8, 4) is 5.75 Å². The Morgan fingerprint density at radius 2 is 1.74 bits per heavy atom. The number of nitrogens with zero attached hydrogens (tertiary/aromatic N) is 1. The van der Waals surface area contributed by atoms with Crippen LogP contribution in [0, 0.1) is 0 Å². The maximum absolute atomic E-state index is 13.0. The van der Waals surface area contributed by atoms with E-state index in [1.165, 1.54) is 0 Å². The molecule has 1 heterocycles. The molecule has 4 rings (SSSR count). The highest BCUT2D eigenvalue weighted by Crippen LogP contribution is 2.16. The highest BCUT2D eigenvalue weighted by atomic mass is 16.3. The Morgan fingerprint density at radius 3 is 2.51 bits per heavy atom. The Balaban J connectivity index is 1.35. The largest absolute Gasteiger partial charge is 0.508 e. The van der Waals surface area contributed by atoms with Gasteiger partial charge in [-0.3, -0.25) is 9.59 Å². The van der Waals surface area contributed by atoms with Crippen molar-refractivity contribution in [2.24, 2.45) is 0 Å². The van der Waals surface area contributed by atoms with Crippen LogP contribution in [0.5, 0.6) is 5.75 Å². The Labute approximate surface area is 203 Å². The molecule has 2 amide bonds. The molecule has 0 aliphatic carbocycles. The number of aromatic amines is 1. The van der Waals surface area contributed by atoms with Crippen LogP contribution < -0.4 is 16.0 Å². The van der Waals surface area contributed by atoms with Crippen molar-refractivity contribution in [3.63, 3.8) is 0 Å². The maximum Gasteiger partial charge on any atom is 0.242 e. The molecule has 0 aliphatic rings. The number of benzene rings is 3. The van der Waals surface area contributed by atoms with Crippen LogP contribution in [0.15, 0.2) is 79.1 Å². The van der Waals surface area contributed by atoms with Gasteiger partial charge in [0.15, 0.2) is 5.95 Å². The summed E-state index contributed by atoms with van der Waals surface area (Å²) in [6.07, 6.45) is 4.72. The number of rotatable bonds is 11. The number of hydrogen-bond acceptors (Lipinski definition) is 5. The first-order valence-corrected chi connectivity index (χ1v) is 11.6. The molecule has 0 bridgehead atoms. The minimum Gasteiger partial charge on any atom is -0.508 e. The molecule has 0 saturated heterocycles. The fourth-order valence-electron chi connectivity index (χ4n) is 3.85. The van der Waals surface area contributed by atoms with Gasteiger partial charge in [0.2, 0.25) is 11.8 Å². The number of hydrogen-bond donors (Lipinski definition) is 5. The van der Waals surface area contributed by atoms with E-state index in [0.29, 0.717) is 31.9 Å². The average Bonchev–Trinajstić information content (AvgIpc) is 3.39. The third-order valence-corrected chi connectivity index (χ3v) is 5.69. The SMILES string of the molecule is O=C(Cc1ccc2ccccc2c1)NC(CCCNc1ncc[nH]1)C(=O)NCc1ccc(O)cc1. The van der Waals surface area contributed by atoms with Gasteiger partial charge in [-0.2, -0.15) is 0 Å². The van der Waals surface area contributed by atoms with Crippen LogP contribution in [0.2, 0.25) is 0 Å². The van der Waals surface area contributed by atoms with E-state index in [1.807, 2.05) is 42.5 Å². The quantitative estimate of drug-likeness (QED) is 0.215. The van der Waals surface area contributed by atoms with E-state index in [9.17, 15) is 14.7 Å². The third kappa shape index (κ3) is 7.07. The van der Waals surface area contributed by atoms with Crippen LogP contribution in [-0.2, 0) is 22.6 Å². The lowest BCUT2D eigenvalue weighted by atomic mass is 10.0. The molecule has 0 fully saturated rings. The molecular formula is C27H29N5O3. The summed E-state index contributed by atoms with van der Waals surface area (Å²) >= 11 is 0. The molecule has 8 heteroatoms. The zero-order chi connectivity index (χ0) is 24.5. The number of amides is 2. The molecule has 0 spiro atoms. The van der Waals surface area contributed by atoms with E-state index in [1.54, 1.807) is 36.7 Å². The monoisotopic (exact) mass is 471 g/mol. The first-order valence-electron chi connectivity index (χ1n) is 11.6. The predicted octanol–water partition coefficient (Wildman–Crippen LogP) is 3.50. The van der Waals surface area contributed by atoms with Crippen LogP contribution in [0.4, 0.5) is 5.95 Å². The summed E-state index contributed by atoms with van der Waals surface area (Å²) in [6, 6.07) is 19.9. The number of anilines is 1.